The van der Waals surface area contributed by atoms with Crippen molar-refractivity contribution in [1.82, 2.24) is 20.1 Å². The Morgan fingerprint density at radius 2 is 2.56 bits per heavy atom. The number of amides is 1. The maximum absolute atomic E-state index is 11.2. The second-order valence-corrected chi connectivity index (χ2v) is 3.93. The standard InChI is InChI=1S/C11H16N4O/c1-3-9-13-10-6-5-8(7-15(10)14-9)12-11(16)4-2/h4,8H,2-3,5-7H2,1H3,(H,12,16). The number of hydrogen-bond acceptors (Lipinski definition) is 3. The molecule has 0 fully saturated rings. The van der Waals surface area contributed by atoms with Crippen LogP contribution in [0.1, 0.15) is 25.0 Å². The van der Waals surface area contributed by atoms with Gasteiger partial charge < -0.3 is 5.32 Å². The smallest absolute Gasteiger partial charge is 0.243 e. The molecule has 86 valence electrons. The Bertz CT molecular complexity index is 410. The predicted molar refractivity (Wildman–Crippen MR) is 59.8 cm³/mol. The predicted octanol–water partition coefficient (Wildman–Crippen LogP) is 0.457. The minimum atomic E-state index is -0.121. The van der Waals surface area contributed by atoms with Gasteiger partial charge in [0.05, 0.1) is 6.54 Å². The van der Waals surface area contributed by atoms with Gasteiger partial charge in [0.15, 0.2) is 5.82 Å². The van der Waals surface area contributed by atoms with Crippen LogP contribution in [-0.4, -0.2) is 26.7 Å². The number of nitrogens with one attached hydrogen (secondary N) is 1. The normalized spacial score (nSPS) is 18.9. The van der Waals surface area contributed by atoms with Crippen LogP contribution in [-0.2, 0) is 24.2 Å². The molecule has 0 radical (unpaired) electrons. The SMILES string of the molecule is C=CC(=O)NC1CCc2nc(CC)nn2C1. The average Bonchev–Trinajstić information content (AvgIpc) is 2.71. The molecule has 2 rings (SSSR count). The van der Waals surface area contributed by atoms with Gasteiger partial charge in [0.2, 0.25) is 5.91 Å². The van der Waals surface area contributed by atoms with Crippen molar-refractivity contribution in [2.75, 3.05) is 0 Å². The second-order valence-electron chi connectivity index (χ2n) is 3.93. The topological polar surface area (TPSA) is 59.8 Å². The average molecular weight is 220 g/mol. The van der Waals surface area contributed by atoms with Crippen molar-refractivity contribution in [2.24, 2.45) is 0 Å². The molecule has 0 saturated carbocycles. The summed E-state index contributed by atoms with van der Waals surface area (Å²) in [6.45, 7) is 6.19. The van der Waals surface area contributed by atoms with E-state index in [1.54, 1.807) is 0 Å². The number of aromatic nitrogens is 3. The zero-order chi connectivity index (χ0) is 11.5. The van der Waals surface area contributed by atoms with Crippen LogP contribution < -0.4 is 5.32 Å². The lowest BCUT2D eigenvalue weighted by atomic mass is 10.1. The summed E-state index contributed by atoms with van der Waals surface area (Å²) in [7, 11) is 0. The molecular formula is C11H16N4O. The molecule has 1 aliphatic heterocycles. The Balaban J connectivity index is 2.05. The van der Waals surface area contributed by atoms with E-state index in [2.05, 4.69) is 22.0 Å². The third kappa shape index (κ3) is 2.13. The van der Waals surface area contributed by atoms with Gasteiger partial charge in [-0.25, -0.2) is 9.67 Å². The largest absolute Gasteiger partial charge is 0.348 e. The fourth-order valence-electron chi connectivity index (χ4n) is 1.89. The highest BCUT2D eigenvalue weighted by Crippen LogP contribution is 2.13. The first-order valence-electron chi connectivity index (χ1n) is 5.58. The highest BCUT2D eigenvalue weighted by molar-refractivity contribution is 5.87. The van der Waals surface area contributed by atoms with E-state index in [0.29, 0.717) is 6.54 Å². The zero-order valence-electron chi connectivity index (χ0n) is 9.44. The molecule has 16 heavy (non-hydrogen) atoms. The number of hydrogen-bond donors (Lipinski definition) is 1. The third-order valence-corrected chi connectivity index (χ3v) is 2.75. The first-order valence-corrected chi connectivity index (χ1v) is 5.58. The fourth-order valence-corrected chi connectivity index (χ4v) is 1.89. The molecule has 0 spiro atoms. The lowest BCUT2D eigenvalue weighted by molar-refractivity contribution is -0.117. The van der Waals surface area contributed by atoms with Gasteiger partial charge in [-0.15, -0.1) is 0 Å². The second kappa shape index (κ2) is 4.47. The Labute approximate surface area is 94.6 Å². The summed E-state index contributed by atoms with van der Waals surface area (Å²) < 4.78 is 1.90. The molecule has 0 saturated heterocycles. The Morgan fingerprint density at radius 3 is 3.25 bits per heavy atom. The van der Waals surface area contributed by atoms with E-state index in [-0.39, 0.29) is 11.9 Å². The number of aryl methyl sites for hydroxylation is 2. The summed E-state index contributed by atoms with van der Waals surface area (Å²) in [5.41, 5.74) is 0. The molecule has 1 amide bonds. The number of fused-ring (bicyclic) bond motifs is 1. The maximum Gasteiger partial charge on any atom is 0.243 e. The molecule has 0 aliphatic carbocycles. The minimum Gasteiger partial charge on any atom is -0.348 e. The van der Waals surface area contributed by atoms with Gasteiger partial charge in [0, 0.05) is 18.9 Å². The number of carbonyl (C=O) groups is 1. The van der Waals surface area contributed by atoms with Crippen LogP contribution in [0.3, 0.4) is 0 Å². The lowest BCUT2D eigenvalue weighted by Crippen LogP contribution is -2.40. The van der Waals surface area contributed by atoms with Crippen LogP contribution in [0, 0.1) is 0 Å². The Kier molecular flexibility index (Phi) is 3.03. The number of nitrogens with zero attached hydrogens (tertiary/aromatic N) is 3. The van der Waals surface area contributed by atoms with Crippen LogP contribution >= 0.6 is 0 Å². The van der Waals surface area contributed by atoms with E-state index in [1.807, 2.05) is 11.6 Å². The van der Waals surface area contributed by atoms with E-state index >= 15 is 0 Å². The van der Waals surface area contributed by atoms with Crippen molar-refractivity contribution in [3.8, 4) is 0 Å². The summed E-state index contributed by atoms with van der Waals surface area (Å²) in [4.78, 5) is 15.6. The summed E-state index contributed by atoms with van der Waals surface area (Å²) in [5, 5.41) is 7.27. The van der Waals surface area contributed by atoms with Crippen LogP contribution in [0.4, 0.5) is 0 Å². The van der Waals surface area contributed by atoms with E-state index in [1.165, 1.54) is 6.08 Å². The molecule has 1 N–H and O–H groups in total. The van der Waals surface area contributed by atoms with Gasteiger partial charge in [0.1, 0.15) is 5.82 Å². The summed E-state index contributed by atoms with van der Waals surface area (Å²) in [5.74, 6) is 1.79. The molecule has 1 atom stereocenters. The van der Waals surface area contributed by atoms with Crippen molar-refractivity contribution >= 4 is 5.91 Å². The molecule has 1 aromatic rings. The van der Waals surface area contributed by atoms with Crippen LogP contribution in [0.25, 0.3) is 0 Å². The summed E-state index contributed by atoms with van der Waals surface area (Å²) in [6, 6.07) is 0.143. The monoisotopic (exact) mass is 220 g/mol. The molecule has 5 heteroatoms. The zero-order valence-corrected chi connectivity index (χ0v) is 9.44. The van der Waals surface area contributed by atoms with Gasteiger partial charge in [-0.3, -0.25) is 4.79 Å². The molecule has 1 aliphatic rings. The van der Waals surface area contributed by atoms with Crippen molar-refractivity contribution < 1.29 is 4.79 Å². The Morgan fingerprint density at radius 1 is 1.75 bits per heavy atom. The molecule has 0 aromatic carbocycles. The summed E-state index contributed by atoms with van der Waals surface area (Å²) >= 11 is 0. The van der Waals surface area contributed by atoms with Crippen LogP contribution in [0.2, 0.25) is 0 Å². The quantitative estimate of drug-likeness (QED) is 0.753. The van der Waals surface area contributed by atoms with E-state index < -0.39 is 0 Å². The van der Waals surface area contributed by atoms with Gasteiger partial charge in [-0.05, 0) is 12.5 Å². The van der Waals surface area contributed by atoms with Crippen molar-refractivity contribution in [2.45, 2.75) is 38.8 Å². The highest BCUT2D eigenvalue weighted by atomic mass is 16.1. The third-order valence-electron chi connectivity index (χ3n) is 2.75. The fraction of sp³-hybridized carbons (Fsp3) is 0.545. The Hall–Kier alpha value is -1.65. The number of rotatable bonds is 3. The van der Waals surface area contributed by atoms with Gasteiger partial charge in [0.25, 0.3) is 0 Å². The molecule has 0 bridgehead atoms. The summed E-state index contributed by atoms with van der Waals surface area (Å²) in [6.07, 6.45) is 3.94. The van der Waals surface area contributed by atoms with Gasteiger partial charge in [-0.2, -0.15) is 5.10 Å². The van der Waals surface area contributed by atoms with Crippen LogP contribution in [0.15, 0.2) is 12.7 Å². The molecular weight excluding hydrogens is 204 g/mol. The molecule has 5 nitrogen and oxygen atoms in total. The van der Waals surface area contributed by atoms with Crippen molar-refractivity contribution in [3.63, 3.8) is 0 Å². The molecule has 1 unspecified atom stereocenters. The molecule has 2 heterocycles. The minimum absolute atomic E-state index is 0.121. The number of carbonyl (C=O) groups excluding carboxylic acids is 1. The van der Waals surface area contributed by atoms with Crippen LogP contribution in [0.5, 0.6) is 0 Å². The van der Waals surface area contributed by atoms with Crippen molar-refractivity contribution in [3.05, 3.63) is 24.3 Å². The first-order chi connectivity index (χ1) is 7.72. The van der Waals surface area contributed by atoms with E-state index in [9.17, 15) is 4.79 Å². The van der Waals surface area contributed by atoms with E-state index in [0.717, 1.165) is 30.9 Å². The van der Waals surface area contributed by atoms with Gasteiger partial charge >= 0.3 is 0 Å². The molecule has 1 aromatic heterocycles. The highest BCUT2D eigenvalue weighted by Gasteiger charge is 2.21. The van der Waals surface area contributed by atoms with Gasteiger partial charge in [-0.1, -0.05) is 13.5 Å². The maximum atomic E-state index is 11.2. The van der Waals surface area contributed by atoms with Crippen molar-refractivity contribution in [1.29, 1.82) is 0 Å². The first kappa shape index (κ1) is 10.9. The van der Waals surface area contributed by atoms with E-state index in [4.69, 9.17) is 0 Å². The lowest BCUT2D eigenvalue weighted by Gasteiger charge is -2.22.